The van der Waals surface area contributed by atoms with Crippen LogP contribution in [0, 0.1) is 0 Å². The van der Waals surface area contributed by atoms with E-state index in [0.29, 0.717) is 11.5 Å². The molecule has 0 saturated carbocycles. The average molecular weight is 266 g/mol. The van der Waals surface area contributed by atoms with Crippen LogP contribution in [0.2, 0.25) is 0 Å². The van der Waals surface area contributed by atoms with Gasteiger partial charge in [-0.15, -0.1) is 0 Å². The Hall–Kier alpha value is -1.30. The quantitative estimate of drug-likeness (QED) is 0.865. The number of anilines is 1. The third-order valence-corrected chi connectivity index (χ3v) is 3.85. The van der Waals surface area contributed by atoms with Gasteiger partial charge in [-0.25, -0.2) is 9.97 Å². The minimum atomic E-state index is -0.123. The SMILES string of the molecule is CCNc1cnc(C(=O)NC2CCSCC2)cn1. The van der Waals surface area contributed by atoms with Gasteiger partial charge in [0.1, 0.15) is 11.5 Å². The second-order valence-electron chi connectivity index (χ2n) is 4.18. The van der Waals surface area contributed by atoms with Crippen molar-refractivity contribution in [1.82, 2.24) is 15.3 Å². The monoisotopic (exact) mass is 266 g/mol. The van der Waals surface area contributed by atoms with Crippen LogP contribution in [-0.4, -0.2) is 40.0 Å². The summed E-state index contributed by atoms with van der Waals surface area (Å²) in [7, 11) is 0. The Labute approximate surface area is 111 Å². The minimum Gasteiger partial charge on any atom is -0.369 e. The summed E-state index contributed by atoms with van der Waals surface area (Å²) >= 11 is 1.94. The van der Waals surface area contributed by atoms with Gasteiger partial charge in [0, 0.05) is 12.6 Å². The van der Waals surface area contributed by atoms with Gasteiger partial charge in [-0.05, 0) is 31.3 Å². The average Bonchev–Trinajstić information content (AvgIpc) is 2.41. The van der Waals surface area contributed by atoms with Gasteiger partial charge in [-0.3, -0.25) is 4.79 Å². The highest BCUT2D eigenvalue weighted by Gasteiger charge is 2.17. The van der Waals surface area contributed by atoms with E-state index in [4.69, 9.17) is 0 Å². The third-order valence-electron chi connectivity index (χ3n) is 2.80. The van der Waals surface area contributed by atoms with Gasteiger partial charge < -0.3 is 10.6 Å². The second-order valence-corrected chi connectivity index (χ2v) is 5.40. The highest BCUT2D eigenvalue weighted by atomic mass is 32.2. The molecule has 0 aromatic carbocycles. The Kier molecular flexibility index (Phi) is 4.81. The normalized spacial score (nSPS) is 16.3. The van der Waals surface area contributed by atoms with Gasteiger partial charge in [0.2, 0.25) is 0 Å². The molecule has 2 heterocycles. The first-order chi connectivity index (χ1) is 8.79. The molecule has 0 bridgehead atoms. The second kappa shape index (κ2) is 6.58. The van der Waals surface area contributed by atoms with Crippen LogP contribution < -0.4 is 10.6 Å². The summed E-state index contributed by atoms with van der Waals surface area (Å²) in [6, 6.07) is 0.286. The van der Waals surface area contributed by atoms with Crippen LogP contribution in [0.4, 0.5) is 5.82 Å². The summed E-state index contributed by atoms with van der Waals surface area (Å²) in [4.78, 5) is 20.2. The van der Waals surface area contributed by atoms with Crippen molar-refractivity contribution in [1.29, 1.82) is 0 Å². The van der Waals surface area contributed by atoms with Gasteiger partial charge in [0.15, 0.2) is 0 Å². The van der Waals surface area contributed by atoms with Gasteiger partial charge in [0.05, 0.1) is 12.4 Å². The van der Waals surface area contributed by atoms with E-state index in [2.05, 4.69) is 20.6 Å². The molecular formula is C12H18N4OS. The van der Waals surface area contributed by atoms with Crippen molar-refractivity contribution in [3.63, 3.8) is 0 Å². The molecule has 2 rings (SSSR count). The van der Waals surface area contributed by atoms with Crippen molar-refractivity contribution < 1.29 is 4.79 Å². The number of carbonyl (C=O) groups is 1. The lowest BCUT2D eigenvalue weighted by atomic mass is 10.1. The zero-order chi connectivity index (χ0) is 12.8. The maximum Gasteiger partial charge on any atom is 0.271 e. The van der Waals surface area contributed by atoms with Crippen LogP contribution in [-0.2, 0) is 0 Å². The molecule has 1 fully saturated rings. The predicted molar refractivity (Wildman–Crippen MR) is 74.0 cm³/mol. The van der Waals surface area contributed by atoms with Crippen molar-refractivity contribution in [2.45, 2.75) is 25.8 Å². The lowest BCUT2D eigenvalue weighted by Gasteiger charge is -2.22. The summed E-state index contributed by atoms with van der Waals surface area (Å²) in [5.74, 6) is 2.82. The van der Waals surface area contributed by atoms with E-state index in [0.717, 1.165) is 30.9 Å². The van der Waals surface area contributed by atoms with Crippen molar-refractivity contribution in [3.8, 4) is 0 Å². The van der Waals surface area contributed by atoms with E-state index in [1.54, 1.807) is 6.20 Å². The molecule has 18 heavy (non-hydrogen) atoms. The van der Waals surface area contributed by atoms with Crippen LogP contribution in [0.1, 0.15) is 30.3 Å². The number of hydrogen-bond acceptors (Lipinski definition) is 5. The van der Waals surface area contributed by atoms with Crippen LogP contribution in [0.15, 0.2) is 12.4 Å². The summed E-state index contributed by atoms with van der Waals surface area (Å²) in [5, 5.41) is 6.06. The van der Waals surface area contributed by atoms with Crippen molar-refractivity contribution in [3.05, 3.63) is 18.1 Å². The first-order valence-electron chi connectivity index (χ1n) is 6.24. The molecule has 1 aliphatic heterocycles. The number of carbonyl (C=O) groups excluding carboxylic acids is 1. The fourth-order valence-corrected chi connectivity index (χ4v) is 2.93. The van der Waals surface area contributed by atoms with E-state index in [-0.39, 0.29) is 11.9 Å². The van der Waals surface area contributed by atoms with E-state index in [1.165, 1.54) is 6.20 Å². The van der Waals surface area contributed by atoms with E-state index in [9.17, 15) is 4.79 Å². The summed E-state index contributed by atoms with van der Waals surface area (Å²) in [6.07, 6.45) is 5.19. The lowest BCUT2D eigenvalue weighted by Crippen LogP contribution is -2.37. The number of thioether (sulfide) groups is 1. The standard InChI is InChI=1S/C12H18N4OS/c1-2-13-11-8-14-10(7-15-11)12(17)16-9-3-5-18-6-4-9/h7-9H,2-6H2,1H3,(H,13,15)(H,16,17). The van der Waals surface area contributed by atoms with Crippen molar-refractivity contribution in [2.24, 2.45) is 0 Å². The molecule has 1 saturated heterocycles. The Morgan fingerprint density at radius 1 is 1.39 bits per heavy atom. The Bertz CT molecular complexity index is 390. The largest absolute Gasteiger partial charge is 0.369 e. The fourth-order valence-electron chi connectivity index (χ4n) is 1.82. The molecule has 0 aliphatic carbocycles. The number of nitrogens with zero attached hydrogens (tertiary/aromatic N) is 2. The minimum absolute atomic E-state index is 0.123. The zero-order valence-electron chi connectivity index (χ0n) is 10.5. The molecule has 2 N–H and O–H groups in total. The molecule has 1 aromatic heterocycles. The highest BCUT2D eigenvalue weighted by molar-refractivity contribution is 7.99. The first kappa shape index (κ1) is 13.1. The van der Waals surface area contributed by atoms with E-state index in [1.807, 2.05) is 18.7 Å². The number of aromatic nitrogens is 2. The number of nitrogens with one attached hydrogen (secondary N) is 2. The molecule has 0 radical (unpaired) electrons. The Morgan fingerprint density at radius 3 is 2.78 bits per heavy atom. The van der Waals surface area contributed by atoms with Crippen molar-refractivity contribution in [2.75, 3.05) is 23.4 Å². The predicted octanol–water partition coefficient (Wildman–Crippen LogP) is 1.53. The van der Waals surface area contributed by atoms with Gasteiger partial charge >= 0.3 is 0 Å². The molecule has 1 aliphatic rings. The molecule has 0 spiro atoms. The van der Waals surface area contributed by atoms with Crippen LogP contribution in [0.25, 0.3) is 0 Å². The Morgan fingerprint density at radius 2 is 2.17 bits per heavy atom. The van der Waals surface area contributed by atoms with Crippen molar-refractivity contribution >= 4 is 23.5 Å². The van der Waals surface area contributed by atoms with Gasteiger partial charge in [-0.1, -0.05) is 0 Å². The van der Waals surface area contributed by atoms with E-state index < -0.39 is 0 Å². The van der Waals surface area contributed by atoms with Crippen LogP contribution in [0.5, 0.6) is 0 Å². The molecule has 5 nitrogen and oxygen atoms in total. The number of rotatable bonds is 4. The molecule has 98 valence electrons. The molecule has 6 heteroatoms. The summed E-state index contributed by atoms with van der Waals surface area (Å²) < 4.78 is 0. The first-order valence-corrected chi connectivity index (χ1v) is 7.39. The lowest BCUT2D eigenvalue weighted by molar-refractivity contribution is 0.0929. The van der Waals surface area contributed by atoms with Gasteiger partial charge in [0.25, 0.3) is 5.91 Å². The molecule has 1 amide bonds. The van der Waals surface area contributed by atoms with Crippen LogP contribution >= 0.6 is 11.8 Å². The summed E-state index contributed by atoms with van der Waals surface area (Å²) in [6.45, 7) is 2.78. The Balaban J connectivity index is 1.91. The smallest absolute Gasteiger partial charge is 0.271 e. The maximum absolute atomic E-state index is 11.9. The van der Waals surface area contributed by atoms with Gasteiger partial charge in [-0.2, -0.15) is 11.8 Å². The fraction of sp³-hybridized carbons (Fsp3) is 0.583. The van der Waals surface area contributed by atoms with E-state index >= 15 is 0 Å². The highest BCUT2D eigenvalue weighted by Crippen LogP contribution is 2.17. The van der Waals surface area contributed by atoms with Crippen LogP contribution in [0.3, 0.4) is 0 Å². The number of hydrogen-bond donors (Lipinski definition) is 2. The molecule has 0 unspecified atom stereocenters. The topological polar surface area (TPSA) is 66.9 Å². The summed E-state index contributed by atoms with van der Waals surface area (Å²) in [5.41, 5.74) is 0.384. The number of amides is 1. The maximum atomic E-state index is 11.9. The third kappa shape index (κ3) is 3.60. The zero-order valence-corrected chi connectivity index (χ0v) is 11.3. The molecule has 1 aromatic rings. The molecular weight excluding hydrogens is 248 g/mol. The molecule has 0 atom stereocenters.